The minimum atomic E-state index is -0.299. The number of aryl methyl sites for hydroxylation is 2. The molecular weight excluding hydrogens is 298 g/mol. The van der Waals surface area contributed by atoms with E-state index in [2.05, 4.69) is 17.0 Å². The van der Waals surface area contributed by atoms with Gasteiger partial charge in [0.2, 0.25) is 0 Å². The predicted molar refractivity (Wildman–Crippen MR) is 93.9 cm³/mol. The third-order valence-corrected chi connectivity index (χ3v) is 5.74. The maximum atomic E-state index is 10.9. The van der Waals surface area contributed by atoms with Crippen molar-refractivity contribution in [2.24, 2.45) is 0 Å². The van der Waals surface area contributed by atoms with Crippen molar-refractivity contribution in [1.82, 2.24) is 0 Å². The molecule has 1 fully saturated rings. The van der Waals surface area contributed by atoms with Crippen LogP contribution in [0.2, 0.25) is 0 Å². The van der Waals surface area contributed by atoms with E-state index in [1.165, 1.54) is 61.2 Å². The molecule has 3 aliphatic rings. The lowest BCUT2D eigenvalue weighted by molar-refractivity contribution is 0.112. The molecule has 3 heteroatoms. The lowest BCUT2D eigenvalue weighted by Gasteiger charge is -2.37. The number of carbonyl (C=O) groups is 1. The first-order valence-electron chi connectivity index (χ1n) is 8.91. The van der Waals surface area contributed by atoms with Crippen molar-refractivity contribution < 1.29 is 9.53 Å². The SMILES string of the molecule is O=Cc1ccc(C2(c3cc4c5c(c3)CCCN5CCC4)CO2)cc1. The van der Waals surface area contributed by atoms with Crippen molar-refractivity contribution in [3.8, 4) is 0 Å². The molecule has 0 aliphatic carbocycles. The Morgan fingerprint density at radius 2 is 1.58 bits per heavy atom. The number of rotatable bonds is 3. The van der Waals surface area contributed by atoms with E-state index >= 15 is 0 Å². The van der Waals surface area contributed by atoms with Crippen LogP contribution in [0.3, 0.4) is 0 Å². The Balaban J connectivity index is 1.60. The van der Waals surface area contributed by atoms with Crippen LogP contribution in [0.5, 0.6) is 0 Å². The van der Waals surface area contributed by atoms with E-state index in [9.17, 15) is 4.79 Å². The second kappa shape index (κ2) is 5.18. The standard InChI is InChI=1S/C21H21NO2/c23-13-15-5-7-18(8-6-15)21(14-24-21)19-11-16-3-1-9-22-10-2-4-17(12-19)20(16)22/h5-8,11-13H,1-4,9-10,14H2. The maximum Gasteiger partial charge on any atom is 0.150 e. The number of benzene rings is 2. The minimum Gasteiger partial charge on any atom is -0.371 e. The zero-order valence-electron chi connectivity index (χ0n) is 13.8. The van der Waals surface area contributed by atoms with Crippen molar-refractivity contribution in [1.29, 1.82) is 0 Å². The van der Waals surface area contributed by atoms with E-state index in [-0.39, 0.29) is 5.60 Å². The van der Waals surface area contributed by atoms with E-state index in [0.717, 1.165) is 18.5 Å². The summed E-state index contributed by atoms with van der Waals surface area (Å²) >= 11 is 0. The first-order valence-corrected chi connectivity index (χ1v) is 8.91. The molecule has 0 spiro atoms. The van der Waals surface area contributed by atoms with Gasteiger partial charge in [-0.25, -0.2) is 0 Å². The van der Waals surface area contributed by atoms with E-state index in [1.54, 1.807) is 0 Å². The van der Waals surface area contributed by atoms with Crippen LogP contribution in [0.4, 0.5) is 5.69 Å². The largest absolute Gasteiger partial charge is 0.371 e. The van der Waals surface area contributed by atoms with Gasteiger partial charge in [0.1, 0.15) is 11.9 Å². The Morgan fingerprint density at radius 3 is 2.12 bits per heavy atom. The average Bonchev–Trinajstić information content (AvgIpc) is 3.44. The molecule has 1 saturated heterocycles. The van der Waals surface area contributed by atoms with Crippen LogP contribution in [0.25, 0.3) is 0 Å². The van der Waals surface area contributed by atoms with Gasteiger partial charge in [-0.05, 0) is 47.9 Å². The summed E-state index contributed by atoms with van der Waals surface area (Å²) in [5, 5.41) is 0. The van der Waals surface area contributed by atoms with E-state index in [0.29, 0.717) is 5.56 Å². The molecule has 3 nitrogen and oxygen atoms in total. The highest BCUT2D eigenvalue weighted by Gasteiger charge is 2.49. The zero-order chi connectivity index (χ0) is 16.1. The summed E-state index contributed by atoms with van der Waals surface area (Å²) in [4.78, 5) is 13.5. The zero-order valence-corrected chi connectivity index (χ0v) is 13.8. The molecule has 0 radical (unpaired) electrons. The Kier molecular flexibility index (Phi) is 3.07. The van der Waals surface area contributed by atoms with Gasteiger partial charge in [0.15, 0.2) is 0 Å². The third-order valence-electron chi connectivity index (χ3n) is 5.74. The van der Waals surface area contributed by atoms with Crippen molar-refractivity contribution in [3.05, 3.63) is 64.2 Å². The summed E-state index contributed by atoms with van der Waals surface area (Å²) in [6.45, 7) is 3.14. The quantitative estimate of drug-likeness (QED) is 0.641. The number of hydrogen-bond acceptors (Lipinski definition) is 3. The smallest absolute Gasteiger partial charge is 0.150 e. The summed E-state index contributed by atoms with van der Waals surface area (Å²) in [7, 11) is 0. The molecule has 2 aromatic carbocycles. The number of carbonyl (C=O) groups excluding carboxylic acids is 1. The molecule has 0 N–H and O–H groups in total. The molecule has 2 aromatic rings. The summed E-state index contributed by atoms with van der Waals surface area (Å²) in [5.74, 6) is 0. The second-order valence-electron chi connectivity index (χ2n) is 7.19. The van der Waals surface area contributed by atoms with Crippen molar-refractivity contribution in [2.45, 2.75) is 31.3 Å². The molecule has 3 aliphatic heterocycles. The van der Waals surface area contributed by atoms with Crippen LogP contribution >= 0.6 is 0 Å². The fourth-order valence-corrected chi connectivity index (χ4v) is 4.44. The summed E-state index contributed by atoms with van der Waals surface area (Å²) in [6.07, 6.45) is 5.73. The lowest BCUT2D eigenvalue weighted by atomic mass is 9.84. The lowest BCUT2D eigenvalue weighted by Crippen LogP contribution is -2.34. The highest BCUT2D eigenvalue weighted by atomic mass is 16.6. The Hall–Kier alpha value is -2.13. The van der Waals surface area contributed by atoms with E-state index < -0.39 is 0 Å². The fourth-order valence-electron chi connectivity index (χ4n) is 4.44. The molecular formula is C21H21NO2. The van der Waals surface area contributed by atoms with Crippen LogP contribution in [0.1, 0.15) is 45.5 Å². The molecule has 0 aromatic heterocycles. The van der Waals surface area contributed by atoms with Gasteiger partial charge in [-0.2, -0.15) is 0 Å². The third kappa shape index (κ3) is 2.04. The Bertz CT molecular complexity index is 774. The van der Waals surface area contributed by atoms with Crippen molar-refractivity contribution >= 4 is 12.0 Å². The molecule has 1 atom stereocenters. The average molecular weight is 319 g/mol. The minimum absolute atomic E-state index is 0.299. The van der Waals surface area contributed by atoms with E-state index in [4.69, 9.17) is 4.74 Å². The first-order chi connectivity index (χ1) is 11.8. The first kappa shape index (κ1) is 14.2. The van der Waals surface area contributed by atoms with Crippen LogP contribution in [-0.2, 0) is 23.2 Å². The summed E-state index contributed by atoms with van der Waals surface area (Å²) in [6, 6.07) is 12.6. The molecule has 0 bridgehead atoms. The molecule has 3 heterocycles. The molecule has 1 unspecified atom stereocenters. The van der Waals surface area contributed by atoms with E-state index in [1.807, 2.05) is 24.3 Å². The molecule has 122 valence electrons. The summed E-state index contributed by atoms with van der Waals surface area (Å²) in [5.41, 5.74) is 7.35. The van der Waals surface area contributed by atoms with Gasteiger partial charge in [-0.3, -0.25) is 4.79 Å². The highest BCUT2D eigenvalue weighted by molar-refractivity contribution is 5.75. The number of nitrogens with zero attached hydrogens (tertiary/aromatic N) is 1. The summed E-state index contributed by atoms with van der Waals surface area (Å²) < 4.78 is 5.98. The van der Waals surface area contributed by atoms with Gasteiger partial charge < -0.3 is 9.64 Å². The van der Waals surface area contributed by atoms with Crippen molar-refractivity contribution in [3.63, 3.8) is 0 Å². The molecule has 5 rings (SSSR count). The molecule has 24 heavy (non-hydrogen) atoms. The van der Waals surface area contributed by atoms with Crippen molar-refractivity contribution in [2.75, 3.05) is 24.6 Å². The van der Waals surface area contributed by atoms with Gasteiger partial charge >= 0.3 is 0 Å². The van der Waals surface area contributed by atoms with Gasteiger partial charge in [0.05, 0.1) is 6.61 Å². The monoisotopic (exact) mass is 319 g/mol. The Morgan fingerprint density at radius 1 is 0.958 bits per heavy atom. The highest BCUT2D eigenvalue weighted by Crippen LogP contribution is 2.48. The van der Waals surface area contributed by atoms with Crippen LogP contribution in [-0.4, -0.2) is 26.0 Å². The topological polar surface area (TPSA) is 32.8 Å². The maximum absolute atomic E-state index is 10.9. The normalized spacial score (nSPS) is 24.4. The molecule has 0 amide bonds. The fraction of sp³-hybridized carbons (Fsp3) is 0.381. The van der Waals surface area contributed by atoms with Crippen LogP contribution < -0.4 is 4.90 Å². The number of epoxide rings is 1. The number of aldehydes is 1. The number of anilines is 1. The second-order valence-corrected chi connectivity index (χ2v) is 7.19. The number of ether oxygens (including phenoxy) is 1. The van der Waals surface area contributed by atoms with Gasteiger partial charge in [-0.15, -0.1) is 0 Å². The Labute approximate surface area is 142 Å². The van der Waals surface area contributed by atoms with Crippen LogP contribution in [0, 0.1) is 0 Å². The van der Waals surface area contributed by atoms with Crippen LogP contribution in [0.15, 0.2) is 36.4 Å². The van der Waals surface area contributed by atoms with Gasteiger partial charge in [-0.1, -0.05) is 36.4 Å². The van der Waals surface area contributed by atoms with Gasteiger partial charge in [0, 0.05) is 24.3 Å². The van der Waals surface area contributed by atoms with Gasteiger partial charge in [0.25, 0.3) is 0 Å². The number of hydrogen-bond donors (Lipinski definition) is 0. The predicted octanol–water partition coefficient (Wildman–Crippen LogP) is 3.47. The molecule has 0 saturated carbocycles.